The molecule has 1 aliphatic rings. The predicted octanol–water partition coefficient (Wildman–Crippen LogP) is 0.474. The highest BCUT2D eigenvalue weighted by atomic mass is 16.2. The Hall–Kier alpha value is -1.53. The predicted molar refractivity (Wildman–Crippen MR) is 73.5 cm³/mol. The maximum absolute atomic E-state index is 12.0. The molecule has 0 spiro atoms. The van der Waals surface area contributed by atoms with Crippen LogP contribution in [0.4, 0.5) is 5.95 Å². The van der Waals surface area contributed by atoms with Crippen molar-refractivity contribution in [3.05, 3.63) is 18.5 Å². The van der Waals surface area contributed by atoms with Gasteiger partial charge < -0.3 is 5.73 Å². The first-order valence-electron chi connectivity index (χ1n) is 6.70. The molecular weight excluding hydrogens is 242 g/mol. The lowest BCUT2D eigenvalue weighted by Gasteiger charge is -2.37. The molecule has 1 aromatic heterocycles. The van der Waals surface area contributed by atoms with E-state index in [1.165, 1.54) is 0 Å². The Morgan fingerprint density at radius 1 is 1.47 bits per heavy atom. The first-order valence-corrected chi connectivity index (χ1v) is 6.70. The highest BCUT2D eigenvalue weighted by molar-refractivity contribution is 5.90. The molecule has 0 bridgehead atoms. The van der Waals surface area contributed by atoms with Crippen LogP contribution < -0.4 is 11.1 Å². The molecule has 0 aromatic carbocycles. The molecule has 0 radical (unpaired) electrons. The standard InChI is InChI=1S/C13H21N5O/c1-10-3-4-11(7-14)8-18(10)9-12(19)17-13-15-5-2-6-16-13/h2,5-6,10-11H,3-4,7-9,14H2,1H3,(H,15,16,17,19). The summed E-state index contributed by atoms with van der Waals surface area (Å²) < 4.78 is 0. The van der Waals surface area contributed by atoms with E-state index in [0.717, 1.165) is 19.4 Å². The molecule has 1 amide bonds. The molecule has 6 nitrogen and oxygen atoms in total. The number of piperidine rings is 1. The van der Waals surface area contributed by atoms with Gasteiger partial charge >= 0.3 is 0 Å². The van der Waals surface area contributed by atoms with Crippen molar-refractivity contribution in [1.82, 2.24) is 14.9 Å². The molecule has 1 saturated heterocycles. The molecule has 1 aromatic rings. The number of carbonyl (C=O) groups excluding carboxylic acids is 1. The van der Waals surface area contributed by atoms with E-state index in [2.05, 4.69) is 27.1 Å². The summed E-state index contributed by atoms with van der Waals surface area (Å²) in [5.74, 6) is 0.778. The van der Waals surface area contributed by atoms with Gasteiger partial charge in [-0.2, -0.15) is 0 Å². The lowest BCUT2D eigenvalue weighted by Crippen LogP contribution is -2.47. The lowest BCUT2D eigenvalue weighted by atomic mass is 9.93. The van der Waals surface area contributed by atoms with E-state index in [9.17, 15) is 4.79 Å². The number of nitrogens with two attached hydrogens (primary N) is 1. The second-order valence-electron chi connectivity index (χ2n) is 5.08. The molecule has 0 aliphatic carbocycles. The largest absolute Gasteiger partial charge is 0.330 e. The molecule has 2 heterocycles. The van der Waals surface area contributed by atoms with Crippen molar-refractivity contribution in [2.75, 3.05) is 25.0 Å². The van der Waals surface area contributed by atoms with Crippen LogP contribution in [-0.2, 0) is 4.79 Å². The molecule has 19 heavy (non-hydrogen) atoms. The number of carbonyl (C=O) groups is 1. The van der Waals surface area contributed by atoms with Gasteiger partial charge in [-0.1, -0.05) is 0 Å². The minimum Gasteiger partial charge on any atom is -0.330 e. The maximum atomic E-state index is 12.0. The van der Waals surface area contributed by atoms with E-state index >= 15 is 0 Å². The van der Waals surface area contributed by atoms with Gasteiger partial charge in [-0.15, -0.1) is 0 Å². The quantitative estimate of drug-likeness (QED) is 0.825. The Kier molecular flexibility index (Phi) is 4.81. The van der Waals surface area contributed by atoms with Gasteiger partial charge in [-0.3, -0.25) is 15.0 Å². The summed E-state index contributed by atoms with van der Waals surface area (Å²) in [6.45, 7) is 4.10. The van der Waals surface area contributed by atoms with Crippen LogP contribution in [0, 0.1) is 5.92 Å². The fraction of sp³-hybridized carbons (Fsp3) is 0.615. The van der Waals surface area contributed by atoms with Crippen molar-refractivity contribution < 1.29 is 4.79 Å². The zero-order valence-electron chi connectivity index (χ0n) is 11.2. The smallest absolute Gasteiger partial charge is 0.240 e. The van der Waals surface area contributed by atoms with Crippen LogP contribution in [0.15, 0.2) is 18.5 Å². The molecule has 104 valence electrons. The molecule has 2 unspecified atom stereocenters. The van der Waals surface area contributed by atoms with Crippen LogP contribution in [-0.4, -0.2) is 46.5 Å². The zero-order chi connectivity index (χ0) is 13.7. The number of nitrogens with one attached hydrogen (secondary N) is 1. The van der Waals surface area contributed by atoms with Crippen molar-refractivity contribution in [1.29, 1.82) is 0 Å². The van der Waals surface area contributed by atoms with Crippen LogP contribution in [0.25, 0.3) is 0 Å². The maximum Gasteiger partial charge on any atom is 0.240 e. The summed E-state index contributed by atoms with van der Waals surface area (Å²) in [5.41, 5.74) is 5.72. The Balaban J connectivity index is 1.87. The summed E-state index contributed by atoms with van der Waals surface area (Å²) in [7, 11) is 0. The van der Waals surface area contributed by atoms with Gasteiger partial charge in [0.1, 0.15) is 0 Å². The monoisotopic (exact) mass is 263 g/mol. The summed E-state index contributed by atoms with van der Waals surface area (Å²) in [6.07, 6.45) is 5.46. The number of rotatable bonds is 4. The number of nitrogens with zero attached hydrogens (tertiary/aromatic N) is 3. The molecule has 2 rings (SSSR count). The first kappa shape index (κ1) is 13.9. The lowest BCUT2D eigenvalue weighted by molar-refractivity contribution is -0.118. The van der Waals surface area contributed by atoms with Crippen molar-refractivity contribution in [3.8, 4) is 0 Å². The molecule has 2 atom stereocenters. The number of aromatic nitrogens is 2. The topological polar surface area (TPSA) is 84.1 Å². The molecule has 0 saturated carbocycles. The van der Waals surface area contributed by atoms with Crippen LogP contribution in [0.5, 0.6) is 0 Å². The third-order valence-corrected chi connectivity index (χ3v) is 3.61. The average Bonchev–Trinajstić information content (AvgIpc) is 2.42. The number of hydrogen-bond donors (Lipinski definition) is 2. The first-order chi connectivity index (χ1) is 9.19. The number of anilines is 1. The van der Waals surface area contributed by atoms with E-state index in [1.807, 2.05) is 0 Å². The minimum atomic E-state index is -0.0734. The van der Waals surface area contributed by atoms with Gasteiger partial charge in [0.05, 0.1) is 6.54 Å². The van der Waals surface area contributed by atoms with Gasteiger partial charge in [0, 0.05) is 25.0 Å². The Morgan fingerprint density at radius 2 is 2.21 bits per heavy atom. The van der Waals surface area contributed by atoms with Crippen LogP contribution >= 0.6 is 0 Å². The minimum absolute atomic E-state index is 0.0734. The Bertz CT molecular complexity index is 411. The van der Waals surface area contributed by atoms with E-state index in [4.69, 9.17) is 5.73 Å². The van der Waals surface area contributed by atoms with Crippen LogP contribution in [0.3, 0.4) is 0 Å². The molecule has 1 fully saturated rings. The van der Waals surface area contributed by atoms with Gasteiger partial charge in [-0.05, 0) is 38.3 Å². The molecular formula is C13H21N5O. The van der Waals surface area contributed by atoms with Crippen molar-refractivity contribution in [3.63, 3.8) is 0 Å². The fourth-order valence-corrected chi connectivity index (χ4v) is 2.39. The van der Waals surface area contributed by atoms with E-state index < -0.39 is 0 Å². The number of amides is 1. The highest BCUT2D eigenvalue weighted by Gasteiger charge is 2.26. The van der Waals surface area contributed by atoms with Crippen molar-refractivity contribution >= 4 is 11.9 Å². The number of hydrogen-bond acceptors (Lipinski definition) is 5. The normalized spacial score (nSPS) is 24.1. The summed E-state index contributed by atoms with van der Waals surface area (Å²) >= 11 is 0. The molecule has 3 N–H and O–H groups in total. The highest BCUT2D eigenvalue weighted by Crippen LogP contribution is 2.20. The van der Waals surface area contributed by atoms with E-state index in [1.54, 1.807) is 18.5 Å². The summed E-state index contributed by atoms with van der Waals surface area (Å²) in [4.78, 5) is 22.1. The van der Waals surface area contributed by atoms with Crippen molar-refractivity contribution in [2.45, 2.75) is 25.8 Å². The average molecular weight is 263 g/mol. The van der Waals surface area contributed by atoms with Crippen LogP contribution in [0.1, 0.15) is 19.8 Å². The zero-order valence-corrected chi connectivity index (χ0v) is 11.2. The SMILES string of the molecule is CC1CCC(CN)CN1CC(=O)Nc1ncccn1. The molecule has 1 aliphatic heterocycles. The molecule has 6 heteroatoms. The van der Waals surface area contributed by atoms with E-state index in [-0.39, 0.29) is 5.91 Å². The Labute approximate surface area is 113 Å². The fourth-order valence-electron chi connectivity index (χ4n) is 2.39. The van der Waals surface area contributed by atoms with Crippen LogP contribution in [0.2, 0.25) is 0 Å². The second kappa shape index (κ2) is 6.58. The Morgan fingerprint density at radius 3 is 2.89 bits per heavy atom. The van der Waals surface area contributed by atoms with Gasteiger partial charge in [0.15, 0.2) is 0 Å². The van der Waals surface area contributed by atoms with Crippen molar-refractivity contribution in [2.24, 2.45) is 11.7 Å². The van der Waals surface area contributed by atoms with Gasteiger partial charge in [-0.25, -0.2) is 9.97 Å². The van der Waals surface area contributed by atoms with Gasteiger partial charge in [0.2, 0.25) is 11.9 Å². The third kappa shape index (κ3) is 3.97. The summed E-state index contributed by atoms with van der Waals surface area (Å²) in [6, 6.07) is 2.14. The van der Waals surface area contributed by atoms with E-state index in [0.29, 0.717) is 31.0 Å². The third-order valence-electron chi connectivity index (χ3n) is 3.61. The summed E-state index contributed by atoms with van der Waals surface area (Å²) in [5, 5.41) is 2.71. The second-order valence-corrected chi connectivity index (χ2v) is 5.08. The van der Waals surface area contributed by atoms with Gasteiger partial charge in [0.25, 0.3) is 0 Å². The number of likely N-dealkylation sites (tertiary alicyclic amines) is 1.